The number of nitrogens with zero attached hydrogens (tertiary/aromatic N) is 6. The molecule has 2 aliphatic rings. The zero-order valence-corrected chi connectivity index (χ0v) is 15.5. The predicted octanol–water partition coefficient (Wildman–Crippen LogP) is -0.779. The number of benzene rings is 1. The Hall–Kier alpha value is -3.54. The molecule has 1 aromatic carbocycles. The van der Waals surface area contributed by atoms with Crippen LogP contribution in [0.1, 0.15) is 18.4 Å². The molecule has 29 heavy (non-hydrogen) atoms. The summed E-state index contributed by atoms with van der Waals surface area (Å²) in [5.74, 6) is -0.966. The van der Waals surface area contributed by atoms with Gasteiger partial charge in [0.1, 0.15) is 19.2 Å². The van der Waals surface area contributed by atoms with Crippen molar-refractivity contribution >= 4 is 17.8 Å². The molecule has 2 aromatic rings. The molecule has 0 radical (unpaired) electrons. The van der Waals surface area contributed by atoms with Gasteiger partial charge in [-0.05, 0) is 23.6 Å². The van der Waals surface area contributed by atoms with Crippen LogP contribution in [-0.2, 0) is 27.6 Å². The standard InChI is InChI=1S/C17H20N8O4/c26-15(9-24-19-11-18-22-24)20-21-16(27)14-7-6-13-8-23(14)17(28)25(13)29-10-12-4-2-1-3-5-12/h1-5,11,13-14H,6-10H2,(H,20,26)(H,21,27)/t13-,14+/m1/s1. The maximum absolute atomic E-state index is 12.7. The van der Waals surface area contributed by atoms with Gasteiger partial charge in [-0.15, -0.1) is 10.2 Å². The van der Waals surface area contributed by atoms with E-state index >= 15 is 0 Å². The number of hydroxylamine groups is 2. The third kappa shape index (κ3) is 4.16. The molecule has 2 bridgehead atoms. The number of hydrazine groups is 1. The van der Waals surface area contributed by atoms with E-state index in [0.29, 0.717) is 19.4 Å². The highest BCUT2D eigenvalue weighted by molar-refractivity contribution is 5.89. The largest absolute Gasteiger partial charge is 0.345 e. The molecular weight excluding hydrogens is 380 g/mol. The van der Waals surface area contributed by atoms with E-state index in [2.05, 4.69) is 26.3 Å². The molecule has 4 amide bonds. The SMILES string of the molecule is O=C(Cn1ncnn1)NNC(=O)[C@@H]1CC[C@@H]2CN1C(=O)N2OCc1ccccc1. The van der Waals surface area contributed by atoms with Crippen LogP contribution >= 0.6 is 0 Å². The third-order valence-corrected chi connectivity index (χ3v) is 4.84. The van der Waals surface area contributed by atoms with Crippen LogP contribution in [0.15, 0.2) is 36.7 Å². The summed E-state index contributed by atoms with van der Waals surface area (Å²) in [6, 6.07) is 8.44. The number of hydrogen-bond acceptors (Lipinski definition) is 7. The van der Waals surface area contributed by atoms with Gasteiger partial charge in [0.2, 0.25) is 0 Å². The van der Waals surface area contributed by atoms with Gasteiger partial charge in [-0.2, -0.15) is 9.86 Å². The van der Waals surface area contributed by atoms with Crippen LogP contribution in [0.4, 0.5) is 4.79 Å². The van der Waals surface area contributed by atoms with E-state index in [0.717, 1.165) is 10.4 Å². The zero-order chi connectivity index (χ0) is 20.2. The van der Waals surface area contributed by atoms with E-state index in [9.17, 15) is 14.4 Å². The maximum atomic E-state index is 12.7. The van der Waals surface area contributed by atoms with Crippen LogP contribution in [0.5, 0.6) is 0 Å². The topological polar surface area (TPSA) is 135 Å². The second kappa shape index (κ2) is 8.22. The van der Waals surface area contributed by atoms with Crippen LogP contribution in [0.2, 0.25) is 0 Å². The molecule has 1 aromatic heterocycles. The number of aromatic nitrogens is 4. The second-order valence-electron chi connectivity index (χ2n) is 6.77. The summed E-state index contributed by atoms with van der Waals surface area (Å²) in [5.41, 5.74) is 5.61. The maximum Gasteiger partial charge on any atom is 0.345 e. The van der Waals surface area contributed by atoms with E-state index in [1.807, 2.05) is 30.3 Å². The van der Waals surface area contributed by atoms with Gasteiger partial charge in [0.25, 0.3) is 11.8 Å². The van der Waals surface area contributed by atoms with Crippen LogP contribution in [0.3, 0.4) is 0 Å². The quantitative estimate of drug-likeness (QED) is 0.608. The van der Waals surface area contributed by atoms with Crippen molar-refractivity contribution in [2.75, 3.05) is 6.54 Å². The monoisotopic (exact) mass is 400 g/mol. The fraction of sp³-hybridized carbons (Fsp3) is 0.412. The van der Waals surface area contributed by atoms with Gasteiger partial charge in [0.05, 0.1) is 6.04 Å². The molecule has 12 nitrogen and oxygen atoms in total. The van der Waals surface area contributed by atoms with Crippen molar-refractivity contribution in [2.45, 2.75) is 38.1 Å². The molecule has 3 heterocycles. The summed E-state index contributed by atoms with van der Waals surface area (Å²) in [4.78, 5) is 45.3. The molecule has 2 fully saturated rings. The summed E-state index contributed by atoms with van der Waals surface area (Å²) in [6.07, 6.45) is 2.31. The van der Waals surface area contributed by atoms with Gasteiger partial charge in [-0.25, -0.2) is 4.79 Å². The molecule has 2 atom stereocenters. The number of carbonyl (C=O) groups excluding carboxylic acids is 3. The lowest BCUT2D eigenvalue weighted by molar-refractivity contribution is -0.140. The van der Waals surface area contributed by atoms with Crippen molar-refractivity contribution in [3.05, 3.63) is 42.2 Å². The Bertz CT molecular complexity index is 875. The van der Waals surface area contributed by atoms with Crippen molar-refractivity contribution in [1.82, 2.24) is 41.0 Å². The van der Waals surface area contributed by atoms with Gasteiger partial charge in [-0.3, -0.25) is 25.3 Å². The first-order chi connectivity index (χ1) is 14.1. The van der Waals surface area contributed by atoms with Gasteiger partial charge in [0.15, 0.2) is 6.33 Å². The van der Waals surface area contributed by atoms with E-state index < -0.39 is 17.9 Å². The molecule has 0 saturated carbocycles. The Morgan fingerprint density at radius 2 is 2.00 bits per heavy atom. The lowest BCUT2D eigenvalue weighted by atomic mass is 10.0. The Morgan fingerprint density at radius 3 is 2.76 bits per heavy atom. The predicted molar refractivity (Wildman–Crippen MR) is 96.1 cm³/mol. The van der Waals surface area contributed by atoms with Crippen LogP contribution < -0.4 is 10.9 Å². The fourth-order valence-corrected chi connectivity index (χ4v) is 3.43. The molecule has 2 aliphatic heterocycles. The summed E-state index contributed by atoms with van der Waals surface area (Å²) < 4.78 is 0. The molecular formula is C17H20N8O4. The number of carbonyl (C=O) groups is 3. The highest BCUT2D eigenvalue weighted by Gasteiger charge is 2.48. The van der Waals surface area contributed by atoms with Crippen molar-refractivity contribution in [2.24, 2.45) is 0 Å². The van der Waals surface area contributed by atoms with Crippen LogP contribution in [0, 0.1) is 0 Å². The molecule has 4 rings (SSSR count). The molecule has 2 saturated heterocycles. The molecule has 2 N–H and O–H groups in total. The highest BCUT2D eigenvalue weighted by Crippen LogP contribution is 2.30. The lowest BCUT2D eigenvalue weighted by Crippen LogP contribution is -2.54. The van der Waals surface area contributed by atoms with E-state index in [1.165, 1.54) is 16.3 Å². The normalized spacial score (nSPS) is 20.6. The minimum atomic E-state index is -0.672. The first-order valence-corrected chi connectivity index (χ1v) is 9.18. The first-order valence-electron chi connectivity index (χ1n) is 9.18. The van der Waals surface area contributed by atoms with E-state index in [1.54, 1.807) is 0 Å². The Morgan fingerprint density at radius 1 is 1.17 bits per heavy atom. The lowest BCUT2D eigenvalue weighted by Gasteiger charge is -2.29. The second-order valence-corrected chi connectivity index (χ2v) is 6.77. The van der Waals surface area contributed by atoms with Crippen molar-refractivity contribution in [1.29, 1.82) is 0 Å². The number of hydrogen-bond donors (Lipinski definition) is 2. The Kier molecular flexibility index (Phi) is 5.33. The molecule has 0 unspecified atom stereocenters. The van der Waals surface area contributed by atoms with Crippen molar-refractivity contribution < 1.29 is 19.2 Å². The molecule has 0 aliphatic carbocycles. The van der Waals surface area contributed by atoms with Crippen LogP contribution in [0.25, 0.3) is 0 Å². The van der Waals surface area contributed by atoms with E-state index in [4.69, 9.17) is 4.84 Å². The van der Waals surface area contributed by atoms with Crippen molar-refractivity contribution in [3.8, 4) is 0 Å². The first kappa shape index (κ1) is 18.8. The number of fused-ring (bicyclic) bond motifs is 2. The average Bonchev–Trinajstić information content (AvgIpc) is 3.33. The number of tetrazole rings is 1. The number of piperidine rings is 1. The Labute approximate surface area is 165 Å². The Balaban J connectivity index is 1.29. The van der Waals surface area contributed by atoms with E-state index in [-0.39, 0.29) is 25.2 Å². The smallest absolute Gasteiger partial charge is 0.309 e. The highest BCUT2D eigenvalue weighted by atomic mass is 16.7. The summed E-state index contributed by atoms with van der Waals surface area (Å²) in [6.45, 7) is 0.499. The fourth-order valence-electron chi connectivity index (χ4n) is 3.43. The van der Waals surface area contributed by atoms with Gasteiger partial charge in [-0.1, -0.05) is 30.3 Å². The number of amides is 4. The van der Waals surface area contributed by atoms with Gasteiger partial charge in [0, 0.05) is 6.54 Å². The zero-order valence-electron chi connectivity index (χ0n) is 15.5. The average molecular weight is 400 g/mol. The minimum absolute atomic E-state index is 0.0942. The third-order valence-electron chi connectivity index (χ3n) is 4.84. The summed E-state index contributed by atoms with van der Waals surface area (Å²) >= 11 is 0. The van der Waals surface area contributed by atoms with Crippen molar-refractivity contribution in [3.63, 3.8) is 0 Å². The molecule has 152 valence electrons. The number of urea groups is 1. The summed E-state index contributed by atoms with van der Waals surface area (Å²) in [7, 11) is 0. The van der Waals surface area contributed by atoms with Crippen LogP contribution in [-0.4, -0.2) is 66.6 Å². The van der Waals surface area contributed by atoms with Gasteiger partial charge >= 0.3 is 6.03 Å². The number of nitrogens with one attached hydrogen (secondary N) is 2. The minimum Gasteiger partial charge on any atom is -0.309 e. The molecule has 0 spiro atoms. The molecule has 12 heteroatoms. The summed E-state index contributed by atoms with van der Waals surface area (Å²) in [5, 5.41) is 12.1. The van der Waals surface area contributed by atoms with Gasteiger partial charge < -0.3 is 4.90 Å². The number of rotatable bonds is 6.